The van der Waals surface area contributed by atoms with E-state index in [2.05, 4.69) is 25.7 Å². The van der Waals surface area contributed by atoms with Gasteiger partial charge in [0.05, 0.1) is 0 Å². The monoisotopic (exact) mass is 240 g/mol. The maximum Gasteiger partial charge on any atom is 0.00104 e. The Morgan fingerprint density at radius 2 is 1.71 bits per heavy atom. The van der Waals surface area contributed by atoms with Gasteiger partial charge < -0.3 is 10.6 Å². The minimum Gasteiger partial charge on any atom is -0.328 e. The number of hydrogen-bond donors (Lipinski definition) is 1. The number of rotatable bonds is 7. The highest BCUT2D eigenvalue weighted by atomic mass is 15.1. The molecule has 102 valence electrons. The maximum absolute atomic E-state index is 5.77. The van der Waals surface area contributed by atoms with Crippen LogP contribution in [0.3, 0.4) is 0 Å². The molecular weight excluding hydrogens is 208 g/mol. The van der Waals surface area contributed by atoms with Crippen LogP contribution >= 0.6 is 0 Å². The second-order valence-corrected chi connectivity index (χ2v) is 6.02. The van der Waals surface area contributed by atoms with Gasteiger partial charge in [0.2, 0.25) is 0 Å². The van der Waals surface area contributed by atoms with Gasteiger partial charge in [0, 0.05) is 6.04 Å². The molecular formula is C15H32N2. The molecule has 1 unspecified atom stereocenters. The Morgan fingerprint density at radius 3 is 2.18 bits per heavy atom. The molecule has 0 spiro atoms. The Balaban J connectivity index is 2.14. The Labute approximate surface area is 108 Å². The zero-order valence-electron chi connectivity index (χ0n) is 12.2. The van der Waals surface area contributed by atoms with Crippen molar-refractivity contribution in [1.82, 2.24) is 4.90 Å². The quantitative estimate of drug-likeness (QED) is 0.691. The second-order valence-electron chi connectivity index (χ2n) is 6.02. The largest absolute Gasteiger partial charge is 0.328 e. The SMILES string of the molecule is CCC1(CC)CCN(CCCCC(C)N)CC1. The number of nitrogens with zero attached hydrogens (tertiary/aromatic N) is 1. The summed E-state index contributed by atoms with van der Waals surface area (Å²) in [6.45, 7) is 10.8. The molecule has 0 bridgehead atoms. The molecule has 0 aromatic heterocycles. The molecule has 0 aliphatic carbocycles. The zero-order valence-corrected chi connectivity index (χ0v) is 12.2. The molecule has 1 rings (SSSR count). The molecule has 2 nitrogen and oxygen atoms in total. The van der Waals surface area contributed by atoms with Crippen molar-refractivity contribution in [3.05, 3.63) is 0 Å². The summed E-state index contributed by atoms with van der Waals surface area (Å²) in [6.07, 6.45) is 9.35. The third kappa shape index (κ3) is 4.97. The third-order valence-electron chi connectivity index (χ3n) is 4.80. The first kappa shape index (κ1) is 15.0. The zero-order chi connectivity index (χ0) is 12.7. The van der Waals surface area contributed by atoms with Gasteiger partial charge >= 0.3 is 0 Å². The van der Waals surface area contributed by atoms with E-state index in [9.17, 15) is 0 Å². The van der Waals surface area contributed by atoms with E-state index < -0.39 is 0 Å². The fourth-order valence-corrected chi connectivity index (χ4v) is 3.01. The van der Waals surface area contributed by atoms with Crippen molar-refractivity contribution in [2.45, 2.75) is 71.8 Å². The van der Waals surface area contributed by atoms with Gasteiger partial charge in [-0.2, -0.15) is 0 Å². The number of hydrogen-bond acceptors (Lipinski definition) is 2. The standard InChI is InChI=1S/C15H32N2/c1-4-15(5-2)9-12-17(13-10-15)11-7-6-8-14(3)16/h14H,4-13,16H2,1-3H3. The van der Waals surface area contributed by atoms with Crippen LogP contribution < -0.4 is 5.73 Å². The lowest BCUT2D eigenvalue weighted by atomic mass is 9.74. The van der Waals surface area contributed by atoms with Crippen molar-refractivity contribution in [3.8, 4) is 0 Å². The van der Waals surface area contributed by atoms with Crippen LogP contribution in [-0.4, -0.2) is 30.6 Å². The van der Waals surface area contributed by atoms with Crippen LogP contribution in [0.4, 0.5) is 0 Å². The number of nitrogens with two attached hydrogens (primary N) is 1. The van der Waals surface area contributed by atoms with Crippen LogP contribution in [0.2, 0.25) is 0 Å². The molecule has 1 fully saturated rings. The van der Waals surface area contributed by atoms with E-state index in [0.717, 1.165) is 0 Å². The highest BCUT2D eigenvalue weighted by Gasteiger charge is 2.30. The lowest BCUT2D eigenvalue weighted by Crippen LogP contribution is -2.40. The van der Waals surface area contributed by atoms with Gasteiger partial charge in [-0.1, -0.05) is 33.1 Å². The average molecular weight is 240 g/mol. The molecule has 0 amide bonds. The normalized spacial score (nSPS) is 22.6. The van der Waals surface area contributed by atoms with Crippen LogP contribution in [-0.2, 0) is 0 Å². The summed E-state index contributed by atoms with van der Waals surface area (Å²) >= 11 is 0. The van der Waals surface area contributed by atoms with E-state index in [0.29, 0.717) is 11.5 Å². The topological polar surface area (TPSA) is 29.3 Å². The Kier molecular flexibility index (Phi) is 6.50. The molecule has 1 atom stereocenters. The van der Waals surface area contributed by atoms with E-state index in [1.807, 2.05) is 0 Å². The molecule has 0 aromatic rings. The number of piperidine rings is 1. The maximum atomic E-state index is 5.77. The van der Waals surface area contributed by atoms with Crippen LogP contribution in [0.5, 0.6) is 0 Å². The summed E-state index contributed by atoms with van der Waals surface area (Å²) in [5.41, 5.74) is 6.44. The Morgan fingerprint density at radius 1 is 1.12 bits per heavy atom. The highest BCUT2D eigenvalue weighted by molar-refractivity contribution is 4.83. The summed E-state index contributed by atoms with van der Waals surface area (Å²) < 4.78 is 0. The minimum absolute atomic E-state index is 0.379. The van der Waals surface area contributed by atoms with Gasteiger partial charge in [-0.15, -0.1) is 0 Å². The fraction of sp³-hybridized carbons (Fsp3) is 1.00. The summed E-state index contributed by atoms with van der Waals surface area (Å²) in [7, 11) is 0. The first-order chi connectivity index (χ1) is 8.12. The Hall–Kier alpha value is -0.0800. The fourth-order valence-electron chi connectivity index (χ4n) is 3.01. The van der Waals surface area contributed by atoms with Crippen LogP contribution in [0.15, 0.2) is 0 Å². The van der Waals surface area contributed by atoms with E-state index in [1.54, 1.807) is 0 Å². The van der Waals surface area contributed by atoms with Crippen molar-refractivity contribution in [3.63, 3.8) is 0 Å². The molecule has 0 radical (unpaired) electrons. The number of likely N-dealkylation sites (tertiary alicyclic amines) is 1. The third-order valence-corrected chi connectivity index (χ3v) is 4.80. The van der Waals surface area contributed by atoms with Gasteiger partial charge in [-0.05, 0) is 57.7 Å². The minimum atomic E-state index is 0.379. The van der Waals surface area contributed by atoms with Crippen molar-refractivity contribution < 1.29 is 0 Å². The molecule has 17 heavy (non-hydrogen) atoms. The second kappa shape index (κ2) is 7.38. The summed E-state index contributed by atoms with van der Waals surface area (Å²) in [4.78, 5) is 2.66. The van der Waals surface area contributed by atoms with Gasteiger partial charge in [-0.3, -0.25) is 0 Å². The highest BCUT2D eigenvalue weighted by Crippen LogP contribution is 2.37. The van der Waals surface area contributed by atoms with E-state index >= 15 is 0 Å². The van der Waals surface area contributed by atoms with E-state index in [4.69, 9.17) is 5.73 Å². The molecule has 1 aliphatic rings. The van der Waals surface area contributed by atoms with Crippen molar-refractivity contribution in [2.75, 3.05) is 19.6 Å². The first-order valence-corrected chi connectivity index (χ1v) is 7.60. The van der Waals surface area contributed by atoms with Crippen LogP contribution in [0.25, 0.3) is 0 Å². The smallest absolute Gasteiger partial charge is 0.00104 e. The van der Waals surface area contributed by atoms with Crippen molar-refractivity contribution in [2.24, 2.45) is 11.1 Å². The van der Waals surface area contributed by atoms with Crippen molar-refractivity contribution >= 4 is 0 Å². The lowest BCUT2D eigenvalue weighted by molar-refractivity contribution is 0.0942. The van der Waals surface area contributed by atoms with Crippen molar-refractivity contribution in [1.29, 1.82) is 0 Å². The summed E-state index contributed by atoms with van der Waals surface area (Å²) in [5, 5.41) is 0. The molecule has 0 saturated carbocycles. The predicted molar refractivity (Wildman–Crippen MR) is 76.2 cm³/mol. The van der Waals surface area contributed by atoms with Gasteiger partial charge in [0.1, 0.15) is 0 Å². The average Bonchev–Trinajstić information content (AvgIpc) is 2.35. The first-order valence-electron chi connectivity index (χ1n) is 7.60. The van der Waals surface area contributed by atoms with Gasteiger partial charge in [-0.25, -0.2) is 0 Å². The molecule has 1 heterocycles. The summed E-state index contributed by atoms with van der Waals surface area (Å²) in [6, 6.07) is 0.379. The molecule has 1 aliphatic heterocycles. The van der Waals surface area contributed by atoms with Crippen LogP contribution in [0, 0.1) is 5.41 Å². The Bertz CT molecular complexity index is 187. The molecule has 2 N–H and O–H groups in total. The predicted octanol–water partition coefficient (Wildman–Crippen LogP) is 3.41. The van der Waals surface area contributed by atoms with E-state index in [-0.39, 0.29) is 0 Å². The van der Waals surface area contributed by atoms with E-state index in [1.165, 1.54) is 64.6 Å². The number of unbranched alkanes of at least 4 members (excludes halogenated alkanes) is 1. The van der Waals surface area contributed by atoms with Crippen LogP contribution in [0.1, 0.15) is 65.7 Å². The molecule has 1 saturated heterocycles. The van der Waals surface area contributed by atoms with Gasteiger partial charge in [0.25, 0.3) is 0 Å². The lowest BCUT2D eigenvalue weighted by Gasteiger charge is -2.41. The van der Waals surface area contributed by atoms with Gasteiger partial charge in [0.15, 0.2) is 0 Å². The molecule has 0 aromatic carbocycles. The molecule has 2 heteroatoms. The summed E-state index contributed by atoms with van der Waals surface area (Å²) in [5.74, 6) is 0.